The minimum Gasteiger partial charge on any atom is -0.354 e. The van der Waals surface area contributed by atoms with Crippen LogP contribution in [0.5, 0.6) is 0 Å². The van der Waals surface area contributed by atoms with Gasteiger partial charge in [0.2, 0.25) is 5.91 Å². The van der Waals surface area contributed by atoms with Crippen LogP contribution in [0.1, 0.15) is 12.0 Å². The van der Waals surface area contributed by atoms with Crippen LogP contribution < -0.4 is 9.62 Å². The smallest absolute Gasteiger partial charge is 0.264 e. The van der Waals surface area contributed by atoms with Crippen LogP contribution in [-0.4, -0.2) is 33.2 Å². The van der Waals surface area contributed by atoms with E-state index in [1.807, 2.05) is 24.3 Å². The Balaban J connectivity index is 1.66. The Morgan fingerprint density at radius 3 is 2.36 bits per heavy atom. The van der Waals surface area contributed by atoms with Crippen molar-refractivity contribution >= 4 is 56.6 Å². The molecule has 0 aromatic heterocycles. The fraction of sp³-hybridized carbons (Fsp3) is 0.208. The van der Waals surface area contributed by atoms with Crippen LogP contribution in [0.15, 0.2) is 82.6 Å². The zero-order chi connectivity index (χ0) is 23.8. The molecular weight excluding hydrogens is 499 g/mol. The number of hydrogen-bond donors (Lipinski definition) is 1. The maximum absolute atomic E-state index is 13.4. The number of amides is 1. The first-order chi connectivity index (χ1) is 15.8. The molecule has 0 aliphatic heterocycles. The summed E-state index contributed by atoms with van der Waals surface area (Å²) in [5.74, 6) is 0.423. The first-order valence-corrected chi connectivity index (χ1v) is 13.4. The van der Waals surface area contributed by atoms with Crippen molar-refractivity contribution in [1.29, 1.82) is 0 Å². The molecule has 0 fully saturated rings. The van der Waals surface area contributed by atoms with Crippen LogP contribution in [0, 0.1) is 6.92 Å². The van der Waals surface area contributed by atoms with E-state index in [2.05, 4.69) is 5.32 Å². The molecule has 9 heteroatoms. The van der Waals surface area contributed by atoms with Crippen molar-refractivity contribution in [1.82, 2.24) is 5.32 Å². The maximum atomic E-state index is 13.4. The van der Waals surface area contributed by atoms with Gasteiger partial charge in [0.05, 0.1) is 10.6 Å². The number of halogens is 2. The standard InChI is InChI=1S/C24H24Cl2N2O3S2/c1-18-22(26)9-5-10-23(18)28(33(30,31)21-7-3-2-4-8-21)17-24(29)27-15-6-16-32-20-13-11-19(25)12-14-20/h2-5,7-14H,6,15-17H2,1H3,(H,27,29). The second kappa shape index (κ2) is 11.8. The number of nitrogens with one attached hydrogen (secondary N) is 1. The molecule has 0 unspecified atom stereocenters. The third kappa shape index (κ3) is 6.90. The van der Waals surface area contributed by atoms with Crippen LogP contribution in [0.4, 0.5) is 5.69 Å². The number of sulfonamides is 1. The highest BCUT2D eigenvalue weighted by molar-refractivity contribution is 7.99. The molecular formula is C24H24Cl2N2O3S2. The van der Waals surface area contributed by atoms with Gasteiger partial charge in [-0.25, -0.2) is 8.42 Å². The predicted octanol–water partition coefficient (Wildman–Crippen LogP) is 5.80. The summed E-state index contributed by atoms with van der Waals surface area (Å²) < 4.78 is 27.9. The Morgan fingerprint density at radius 1 is 0.970 bits per heavy atom. The van der Waals surface area contributed by atoms with Gasteiger partial charge in [0.1, 0.15) is 6.54 Å². The lowest BCUT2D eigenvalue weighted by Gasteiger charge is -2.26. The molecule has 3 rings (SSSR count). The molecule has 0 atom stereocenters. The summed E-state index contributed by atoms with van der Waals surface area (Å²) in [4.78, 5) is 13.9. The molecule has 1 N–H and O–H groups in total. The van der Waals surface area contributed by atoms with Gasteiger partial charge in [-0.05, 0) is 73.2 Å². The molecule has 5 nitrogen and oxygen atoms in total. The molecule has 0 spiro atoms. The summed E-state index contributed by atoms with van der Waals surface area (Å²) in [5.41, 5.74) is 0.964. The average Bonchev–Trinajstić information content (AvgIpc) is 2.81. The number of carbonyl (C=O) groups excluding carboxylic acids is 1. The lowest BCUT2D eigenvalue weighted by molar-refractivity contribution is -0.119. The molecule has 3 aromatic rings. The quantitative estimate of drug-likeness (QED) is 0.270. The minimum atomic E-state index is -3.96. The molecule has 0 aliphatic rings. The van der Waals surface area contributed by atoms with Gasteiger partial charge in [0.25, 0.3) is 10.0 Å². The van der Waals surface area contributed by atoms with E-state index in [0.29, 0.717) is 27.8 Å². The van der Waals surface area contributed by atoms with E-state index in [1.54, 1.807) is 55.1 Å². The van der Waals surface area contributed by atoms with E-state index in [4.69, 9.17) is 23.2 Å². The number of hydrogen-bond acceptors (Lipinski definition) is 4. The Labute approximate surface area is 209 Å². The van der Waals surface area contributed by atoms with E-state index in [-0.39, 0.29) is 17.3 Å². The van der Waals surface area contributed by atoms with E-state index in [9.17, 15) is 13.2 Å². The normalized spacial score (nSPS) is 11.2. The molecule has 0 saturated heterocycles. The van der Waals surface area contributed by atoms with Crippen LogP contribution in [0.2, 0.25) is 10.0 Å². The SMILES string of the molecule is Cc1c(Cl)cccc1N(CC(=O)NCCCSc1ccc(Cl)cc1)S(=O)(=O)c1ccccc1. The molecule has 0 saturated carbocycles. The van der Waals surface area contributed by atoms with Gasteiger partial charge < -0.3 is 5.32 Å². The van der Waals surface area contributed by atoms with Crippen molar-refractivity contribution in [3.05, 3.63) is 88.4 Å². The van der Waals surface area contributed by atoms with E-state index < -0.39 is 10.0 Å². The molecule has 174 valence electrons. The number of thioether (sulfide) groups is 1. The molecule has 1 amide bonds. The second-order valence-electron chi connectivity index (χ2n) is 7.21. The summed E-state index contributed by atoms with van der Waals surface area (Å²) in [6.45, 7) is 1.83. The van der Waals surface area contributed by atoms with E-state index in [0.717, 1.165) is 21.4 Å². The van der Waals surface area contributed by atoms with Crippen molar-refractivity contribution in [2.75, 3.05) is 23.1 Å². The largest absolute Gasteiger partial charge is 0.354 e. The Hall–Kier alpha value is -2.19. The lowest BCUT2D eigenvalue weighted by Crippen LogP contribution is -2.41. The van der Waals surface area contributed by atoms with Gasteiger partial charge in [0, 0.05) is 21.5 Å². The van der Waals surface area contributed by atoms with Crippen molar-refractivity contribution in [2.24, 2.45) is 0 Å². The lowest BCUT2D eigenvalue weighted by atomic mass is 10.2. The molecule has 0 bridgehead atoms. The van der Waals surface area contributed by atoms with Crippen molar-refractivity contribution in [3.8, 4) is 0 Å². The van der Waals surface area contributed by atoms with Gasteiger partial charge in [-0.15, -0.1) is 11.8 Å². The molecule has 0 radical (unpaired) electrons. The third-order valence-electron chi connectivity index (χ3n) is 4.85. The summed E-state index contributed by atoms with van der Waals surface area (Å²) in [5, 5.41) is 3.95. The van der Waals surface area contributed by atoms with Crippen molar-refractivity contribution < 1.29 is 13.2 Å². The number of benzene rings is 3. The zero-order valence-electron chi connectivity index (χ0n) is 18.0. The summed E-state index contributed by atoms with van der Waals surface area (Å²) >= 11 is 13.8. The first-order valence-electron chi connectivity index (χ1n) is 10.3. The molecule has 0 heterocycles. The highest BCUT2D eigenvalue weighted by Gasteiger charge is 2.28. The van der Waals surface area contributed by atoms with Crippen molar-refractivity contribution in [3.63, 3.8) is 0 Å². The van der Waals surface area contributed by atoms with Crippen molar-refractivity contribution in [2.45, 2.75) is 23.1 Å². The number of carbonyl (C=O) groups is 1. The fourth-order valence-corrected chi connectivity index (χ4v) is 5.74. The van der Waals surface area contributed by atoms with Gasteiger partial charge in [0.15, 0.2) is 0 Å². The number of anilines is 1. The third-order valence-corrected chi connectivity index (χ3v) is 8.39. The average molecular weight is 524 g/mol. The molecule has 0 aliphatic carbocycles. The first kappa shape index (κ1) is 25.4. The van der Waals surface area contributed by atoms with Gasteiger partial charge in [-0.1, -0.05) is 47.5 Å². The van der Waals surface area contributed by atoms with E-state index >= 15 is 0 Å². The topological polar surface area (TPSA) is 66.5 Å². The molecule has 33 heavy (non-hydrogen) atoms. The predicted molar refractivity (Wildman–Crippen MR) is 137 cm³/mol. The minimum absolute atomic E-state index is 0.108. The summed E-state index contributed by atoms with van der Waals surface area (Å²) in [6.07, 6.45) is 0.737. The van der Waals surface area contributed by atoms with Crippen LogP contribution in [0.25, 0.3) is 0 Å². The van der Waals surface area contributed by atoms with Gasteiger partial charge in [-0.2, -0.15) is 0 Å². The van der Waals surface area contributed by atoms with E-state index in [1.165, 1.54) is 12.1 Å². The Morgan fingerprint density at radius 2 is 1.67 bits per heavy atom. The summed E-state index contributed by atoms with van der Waals surface area (Å²) in [7, 11) is -3.96. The highest BCUT2D eigenvalue weighted by Crippen LogP contribution is 2.30. The fourth-order valence-electron chi connectivity index (χ4n) is 3.09. The van der Waals surface area contributed by atoms with Gasteiger partial charge in [-0.3, -0.25) is 9.10 Å². The summed E-state index contributed by atoms with van der Waals surface area (Å²) in [6, 6.07) is 20.6. The van der Waals surface area contributed by atoms with Gasteiger partial charge >= 0.3 is 0 Å². The van der Waals surface area contributed by atoms with Crippen LogP contribution in [-0.2, 0) is 14.8 Å². The Kier molecular flexibility index (Phi) is 9.09. The van der Waals surface area contributed by atoms with Crippen LogP contribution in [0.3, 0.4) is 0 Å². The zero-order valence-corrected chi connectivity index (χ0v) is 21.1. The van der Waals surface area contributed by atoms with Crippen LogP contribution >= 0.6 is 35.0 Å². The second-order valence-corrected chi connectivity index (χ2v) is 11.1. The monoisotopic (exact) mass is 522 g/mol. The highest BCUT2D eigenvalue weighted by atomic mass is 35.5. The Bertz CT molecular complexity index is 1190. The maximum Gasteiger partial charge on any atom is 0.264 e. The number of nitrogens with zero attached hydrogens (tertiary/aromatic N) is 1. The number of rotatable bonds is 10. The molecule has 3 aromatic carbocycles.